The lowest BCUT2D eigenvalue weighted by Gasteiger charge is -2.34. The van der Waals surface area contributed by atoms with E-state index in [4.69, 9.17) is 5.26 Å². The number of carbonyl (C=O) groups excluding carboxylic acids is 1. The Labute approximate surface area is 136 Å². The maximum Gasteiger partial charge on any atom is 0.219 e. The van der Waals surface area contributed by atoms with Gasteiger partial charge in [0.25, 0.3) is 0 Å². The molecule has 2 aliphatic heterocycles. The average Bonchev–Trinajstić information content (AvgIpc) is 3.17. The van der Waals surface area contributed by atoms with Crippen LogP contribution in [0.1, 0.15) is 43.7 Å². The normalized spacial score (nSPS) is 24.8. The molecule has 23 heavy (non-hydrogen) atoms. The number of halogens is 1. The number of amides is 1. The zero-order chi connectivity index (χ0) is 16.4. The van der Waals surface area contributed by atoms with Crippen LogP contribution in [0.15, 0.2) is 18.2 Å². The first-order chi connectivity index (χ1) is 11.1. The molecule has 2 fully saturated rings. The van der Waals surface area contributed by atoms with Crippen molar-refractivity contribution in [2.75, 3.05) is 13.1 Å². The molecular formula is C18H22FN3O. The van der Waals surface area contributed by atoms with Gasteiger partial charge in [-0.25, -0.2) is 4.39 Å². The van der Waals surface area contributed by atoms with Crippen LogP contribution in [0.3, 0.4) is 0 Å². The van der Waals surface area contributed by atoms with Crippen molar-refractivity contribution >= 4 is 5.91 Å². The summed E-state index contributed by atoms with van der Waals surface area (Å²) in [5.41, 5.74) is 0.978. The fourth-order valence-corrected chi connectivity index (χ4v) is 4.03. The number of nitriles is 1. The van der Waals surface area contributed by atoms with Gasteiger partial charge in [0.1, 0.15) is 5.82 Å². The van der Waals surface area contributed by atoms with Gasteiger partial charge >= 0.3 is 0 Å². The molecule has 0 bridgehead atoms. The van der Waals surface area contributed by atoms with Gasteiger partial charge in [-0.3, -0.25) is 9.69 Å². The fourth-order valence-electron chi connectivity index (χ4n) is 4.03. The molecule has 2 aliphatic rings. The Balaban J connectivity index is 1.75. The monoisotopic (exact) mass is 315 g/mol. The molecule has 3 rings (SSSR count). The van der Waals surface area contributed by atoms with Crippen molar-refractivity contribution in [3.05, 3.63) is 35.1 Å². The van der Waals surface area contributed by atoms with Crippen LogP contribution in [0.25, 0.3) is 0 Å². The standard InChI is InChI=1S/C18H22FN3O/c1-13(23)22-9-3-5-18(22)17-4-2-8-21(17)12-15-7-6-14(11-20)10-16(15)19/h6-7,10,17-18H,2-5,8-9,12H2,1H3/t17-,18+/m0/s1. The largest absolute Gasteiger partial charge is 0.338 e. The summed E-state index contributed by atoms with van der Waals surface area (Å²) in [5, 5.41) is 8.84. The molecule has 0 N–H and O–H groups in total. The molecule has 122 valence electrons. The number of carbonyl (C=O) groups is 1. The summed E-state index contributed by atoms with van der Waals surface area (Å²) in [6.07, 6.45) is 4.24. The topological polar surface area (TPSA) is 47.3 Å². The van der Waals surface area contributed by atoms with Crippen LogP contribution < -0.4 is 0 Å². The molecule has 0 radical (unpaired) electrons. The van der Waals surface area contributed by atoms with Crippen LogP contribution in [0.4, 0.5) is 4.39 Å². The molecule has 2 saturated heterocycles. The first kappa shape index (κ1) is 15.9. The van der Waals surface area contributed by atoms with Crippen LogP contribution in [-0.4, -0.2) is 40.9 Å². The van der Waals surface area contributed by atoms with Crippen LogP contribution in [0.2, 0.25) is 0 Å². The Morgan fingerprint density at radius 2 is 2.04 bits per heavy atom. The predicted octanol–water partition coefficient (Wildman–Crippen LogP) is 2.67. The number of likely N-dealkylation sites (tertiary alicyclic amines) is 2. The zero-order valence-electron chi connectivity index (χ0n) is 13.5. The summed E-state index contributed by atoms with van der Waals surface area (Å²) in [4.78, 5) is 16.1. The zero-order valence-corrected chi connectivity index (χ0v) is 13.5. The highest BCUT2D eigenvalue weighted by Gasteiger charge is 2.38. The lowest BCUT2D eigenvalue weighted by atomic mass is 10.0. The smallest absolute Gasteiger partial charge is 0.219 e. The van der Waals surface area contributed by atoms with Gasteiger partial charge in [-0.2, -0.15) is 5.26 Å². The van der Waals surface area contributed by atoms with E-state index in [-0.39, 0.29) is 17.8 Å². The van der Waals surface area contributed by atoms with Crippen LogP contribution in [0, 0.1) is 17.1 Å². The van der Waals surface area contributed by atoms with Crippen molar-refractivity contribution in [1.82, 2.24) is 9.80 Å². The third-order valence-corrected chi connectivity index (χ3v) is 5.12. The minimum absolute atomic E-state index is 0.143. The third kappa shape index (κ3) is 3.23. The lowest BCUT2D eigenvalue weighted by molar-refractivity contribution is -0.130. The Morgan fingerprint density at radius 1 is 1.30 bits per heavy atom. The molecule has 0 aromatic heterocycles. The minimum atomic E-state index is -0.315. The second kappa shape index (κ2) is 6.67. The quantitative estimate of drug-likeness (QED) is 0.861. The summed E-state index contributed by atoms with van der Waals surface area (Å²) < 4.78 is 14.2. The van der Waals surface area contributed by atoms with Gasteiger partial charge in [-0.15, -0.1) is 0 Å². The average molecular weight is 315 g/mol. The summed E-state index contributed by atoms with van der Waals surface area (Å²) >= 11 is 0. The van der Waals surface area contributed by atoms with E-state index < -0.39 is 0 Å². The van der Waals surface area contributed by atoms with Gasteiger partial charge in [0, 0.05) is 37.7 Å². The van der Waals surface area contributed by atoms with E-state index in [0.717, 1.165) is 38.8 Å². The number of hydrogen-bond donors (Lipinski definition) is 0. The fraction of sp³-hybridized carbons (Fsp3) is 0.556. The highest BCUT2D eigenvalue weighted by Crippen LogP contribution is 2.31. The van der Waals surface area contributed by atoms with Gasteiger partial charge in [-0.1, -0.05) is 6.07 Å². The number of hydrogen-bond acceptors (Lipinski definition) is 3. The van der Waals surface area contributed by atoms with Crippen LogP contribution >= 0.6 is 0 Å². The molecule has 1 aromatic rings. The molecule has 0 unspecified atom stereocenters. The van der Waals surface area contributed by atoms with Crippen LogP contribution in [0.5, 0.6) is 0 Å². The van der Waals surface area contributed by atoms with Gasteiger partial charge in [-0.05, 0) is 44.4 Å². The minimum Gasteiger partial charge on any atom is -0.338 e. The number of nitrogens with zero attached hydrogens (tertiary/aromatic N) is 3. The molecule has 5 heteroatoms. The summed E-state index contributed by atoms with van der Waals surface area (Å²) in [7, 11) is 0. The van der Waals surface area contributed by atoms with Crippen molar-refractivity contribution in [1.29, 1.82) is 5.26 Å². The maximum atomic E-state index is 14.2. The van der Waals surface area contributed by atoms with Crippen molar-refractivity contribution in [2.45, 2.75) is 51.2 Å². The maximum absolute atomic E-state index is 14.2. The second-order valence-corrected chi connectivity index (χ2v) is 6.52. The molecule has 2 atom stereocenters. The van der Waals surface area contributed by atoms with Gasteiger partial charge in [0.15, 0.2) is 0 Å². The van der Waals surface area contributed by atoms with Crippen molar-refractivity contribution < 1.29 is 9.18 Å². The summed E-state index contributed by atoms with van der Waals surface area (Å²) in [6, 6.07) is 7.22. The number of rotatable bonds is 3. The van der Waals surface area contributed by atoms with Crippen LogP contribution in [-0.2, 0) is 11.3 Å². The Morgan fingerprint density at radius 3 is 2.74 bits per heavy atom. The summed E-state index contributed by atoms with van der Waals surface area (Å²) in [5.74, 6) is -0.173. The molecule has 0 aliphatic carbocycles. The molecule has 1 amide bonds. The van der Waals surface area contributed by atoms with Gasteiger partial charge < -0.3 is 4.90 Å². The molecule has 0 spiro atoms. The first-order valence-electron chi connectivity index (χ1n) is 8.30. The van der Waals surface area contributed by atoms with E-state index in [0.29, 0.717) is 23.7 Å². The highest BCUT2D eigenvalue weighted by atomic mass is 19.1. The Kier molecular flexibility index (Phi) is 4.63. The Bertz CT molecular complexity index is 640. The Hall–Kier alpha value is -1.93. The van der Waals surface area contributed by atoms with E-state index in [2.05, 4.69) is 4.90 Å². The van der Waals surface area contributed by atoms with E-state index in [1.54, 1.807) is 19.1 Å². The molecular weight excluding hydrogens is 293 g/mol. The first-order valence-corrected chi connectivity index (χ1v) is 8.30. The van der Waals surface area contributed by atoms with Crippen molar-refractivity contribution in [3.63, 3.8) is 0 Å². The van der Waals surface area contributed by atoms with Crippen molar-refractivity contribution in [3.8, 4) is 6.07 Å². The lowest BCUT2D eigenvalue weighted by Crippen LogP contribution is -2.47. The van der Waals surface area contributed by atoms with Gasteiger partial charge in [0.2, 0.25) is 5.91 Å². The number of benzene rings is 1. The SMILES string of the molecule is CC(=O)N1CCC[C@@H]1[C@@H]1CCCN1Cc1ccc(C#N)cc1F. The van der Waals surface area contributed by atoms with Crippen molar-refractivity contribution in [2.24, 2.45) is 0 Å². The van der Waals surface area contributed by atoms with E-state index >= 15 is 0 Å². The van der Waals surface area contributed by atoms with E-state index in [9.17, 15) is 9.18 Å². The highest BCUT2D eigenvalue weighted by molar-refractivity contribution is 5.74. The molecule has 0 saturated carbocycles. The molecule has 2 heterocycles. The van der Waals surface area contributed by atoms with E-state index in [1.165, 1.54) is 6.07 Å². The van der Waals surface area contributed by atoms with E-state index in [1.807, 2.05) is 11.0 Å². The van der Waals surface area contributed by atoms with Gasteiger partial charge in [0.05, 0.1) is 11.6 Å². The predicted molar refractivity (Wildman–Crippen MR) is 85.0 cm³/mol. The second-order valence-electron chi connectivity index (χ2n) is 6.52. The summed E-state index contributed by atoms with van der Waals surface area (Å²) in [6.45, 7) is 3.96. The third-order valence-electron chi connectivity index (χ3n) is 5.12. The molecule has 4 nitrogen and oxygen atoms in total. The molecule has 1 aromatic carbocycles.